The van der Waals surface area contributed by atoms with Crippen LogP contribution in [0.4, 0.5) is 4.79 Å². The summed E-state index contributed by atoms with van der Waals surface area (Å²) in [5, 5.41) is 9.36. The Hall–Kier alpha value is -1.51. The van der Waals surface area contributed by atoms with E-state index >= 15 is 0 Å². The van der Waals surface area contributed by atoms with Crippen LogP contribution in [0.25, 0.3) is 0 Å². The number of benzene rings is 1. The molecule has 1 aromatic rings. The molecular weight excluding hydrogens is 313 g/mol. The molecule has 7 heteroatoms. The summed E-state index contributed by atoms with van der Waals surface area (Å²) in [4.78, 5) is 21.7. The van der Waals surface area contributed by atoms with Gasteiger partial charge in [0.1, 0.15) is 5.75 Å². The first-order valence-electron chi connectivity index (χ1n) is 3.85. The third-order valence-corrected chi connectivity index (χ3v) is 2.17. The first-order valence-corrected chi connectivity index (χ1v) is 4.93. The predicted octanol–water partition coefficient (Wildman–Crippen LogP) is 0.310. The molecular formula is C8H8IN3O3. The average molecular weight is 321 g/mol. The van der Waals surface area contributed by atoms with E-state index in [1.165, 1.54) is 12.1 Å². The molecule has 3 amide bonds. The number of hydrazine groups is 1. The van der Waals surface area contributed by atoms with Crippen molar-refractivity contribution in [2.45, 2.75) is 0 Å². The number of phenolic OH excluding ortho intramolecular Hbond substituents is 1. The van der Waals surface area contributed by atoms with E-state index in [1.807, 2.05) is 33.4 Å². The Kier molecular flexibility index (Phi) is 3.72. The monoisotopic (exact) mass is 321 g/mol. The van der Waals surface area contributed by atoms with Crippen molar-refractivity contribution < 1.29 is 14.7 Å². The Labute approximate surface area is 99.0 Å². The Morgan fingerprint density at radius 3 is 2.60 bits per heavy atom. The minimum Gasteiger partial charge on any atom is -0.507 e. The zero-order chi connectivity index (χ0) is 11.4. The van der Waals surface area contributed by atoms with Crippen LogP contribution in [-0.4, -0.2) is 17.0 Å². The Morgan fingerprint density at radius 2 is 2.00 bits per heavy atom. The van der Waals surface area contributed by atoms with Gasteiger partial charge in [0, 0.05) is 3.57 Å². The number of carbonyl (C=O) groups is 2. The van der Waals surface area contributed by atoms with E-state index in [2.05, 4.69) is 0 Å². The molecule has 5 N–H and O–H groups in total. The average Bonchev–Trinajstić information content (AvgIpc) is 2.18. The highest BCUT2D eigenvalue weighted by Gasteiger charge is 2.11. The van der Waals surface area contributed by atoms with E-state index in [4.69, 9.17) is 5.73 Å². The fourth-order valence-electron chi connectivity index (χ4n) is 0.876. The van der Waals surface area contributed by atoms with Crippen LogP contribution in [-0.2, 0) is 0 Å². The summed E-state index contributed by atoms with van der Waals surface area (Å²) in [7, 11) is 0. The molecule has 0 aliphatic rings. The second kappa shape index (κ2) is 4.82. The van der Waals surface area contributed by atoms with E-state index in [1.54, 1.807) is 6.07 Å². The zero-order valence-electron chi connectivity index (χ0n) is 7.45. The number of amides is 3. The minimum atomic E-state index is -0.881. The highest BCUT2D eigenvalue weighted by Crippen LogP contribution is 2.19. The van der Waals surface area contributed by atoms with Crippen molar-refractivity contribution >= 4 is 34.5 Å². The molecule has 0 bridgehead atoms. The number of urea groups is 1. The highest BCUT2D eigenvalue weighted by atomic mass is 127. The third kappa shape index (κ3) is 3.27. The maximum atomic E-state index is 11.4. The summed E-state index contributed by atoms with van der Waals surface area (Å²) in [5.41, 5.74) is 8.78. The summed E-state index contributed by atoms with van der Waals surface area (Å²) >= 11 is 1.99. The second-order valence-corrected chi connectivity index (χ2v) is 3.85. The van der Waals surface area contributed by atoms with E-state index < -0.39 is 11.9 Å². The van der Waals surface area contributed by atoms with Gasteiger partial charge in [-0.2, -0.15) is 0 Å². The molecule has 0 aliphatic carbocycles. The van der Waals surface area contributed by atoms with Crippen molar-refractivity contribution in [1.29, 1.82) is 0 Å². The molecule has 6 nitrogen and oxygen atoms in total. The van der Waals surface area contributed by atoms with Crippen LogP contribution in [0.5, 0.6) is 5.75 Å². The summed E-state index contributed by atoms with van der Waals surface area (Å²) in [6.45, 7) is 0. The zero-order valence-corrected chi connectivity index (χ0v) is 9.61. The van der Waals surface area contributed by atoms with Gasteiger partial charge < -0.3 is 10.8 Å². The first kappa shape index (κ1) is 11.6. The Balaban J connectivity index is 2.81. The molecule has 0 radical (unpaired) electrons. The second-order valence-electron chi connectivity index (χ2n) is 2.60. The molecule has 0 heterocycles. The summed E-state index contributed by atoms with van der Waals surface area (Å²) < 4.78 is 0.787. The predicted molar refractivity (Wildman–Crippen MR) is 61.0 cm³/mol. The Bertz CT molecular complexity index is 408. The van der Waals surface area contributed by atoms with E-state index in [0.29, 0.717) is 0 Å². The maximum absolute atomic E-state index is 11.4. The fourth-order valence-corrected chi connectivity index (χ4v) is 1.37. The van der Waals surface area contributed by atoms with Gasteiger partial charge in [-0.3, -0.25) is 10.2 Å². The van der Waals surface area contributed by atoms with Crippen LogP contribution in [0.3, 0.4) is 0 Å². The number of aromatic hydroxyl groups is 1. The number of primary amides is 1. The van der Waals surface area contributed by atoms with Crippen molar-refractivity contribution in [3.05, 3.63) is 27.3 Å². The third-order valence-electron chi connectivity index (χ3n) is 1.50. The van der Waals surface area contributed by atoms with Crippen molar-refractivity contribution in [2.24, 2.45) is 5.73 Å². The van der Waals surface area contributed by atoms with Crippen LogP contribution in [0, 0.1) is 3.57 Å². The number of rotatable bonds is 1. The first-order chi connectivity index (χ1) is 7.00. The van der Waals surface area contributed by atoms with Gasteiger partial charge in [-0.25, -0.2) is 10.2 Å². The number of hydrogen-bond acceptors (Lipinski definition) is 3. The van der Waals surface area contributed by atoms with Gasteiger partial charge in [-0.15, -0.1) is 0 Å². The van der Waals surface area contributed by atoms with Crippen molar-refractivity contribution in [2.75, 3.05) is 0 Å². The summed E-state index contributed by atoms with van der Waals surface area (Å²) in [6.07, 6.45) is 0. The maximum Gasteiger partial charge on any atom is 0.330 e. The molecule has 0 saturated heterocycles. The SMILES string of the molecule is NC(=O)NNC(=O)c1cc(I)ccc1O. The molecule has 0 atom stereocenters. The number of halogens is 1. The van der Waals surface area contributed by atoms with Crippen molar-refractivity contribution in [3.8, 4) is 5.75 Å². The molecule has 0 aliphatic heterocycles. The molecule has 0 fully saturated rings. The molecule has 0 aromatic heterocycles. The number of nitrogens with one attached hydrogen (secondary N) is 2. The summed E-state index contributed by atoms with van der Waals surface area (Å²) in [6, 6.07) is 3.64. The standard InChI is InChI=1S/C8H8IN3O3/c9-4-1-2-6(13)5(3-4)7(14)11-12-8(10)15/h1-3,13H,(H,11,14)(H3,10,12,15). The largest absolute Gasteiger partial charge is 0.507 e. The molecule has 1 rings (SSSR count). The highest BCUT2D eigenvalue weighted by molar-refractivity contribution is 14.1. The smallest absolute Gasteiger partial charge is 0.330 e. The van der Waals surface area contributed by atoms with Crippen LogP contribution in [0.1, 0.15) is 10.4 Å². The van der Waals surface area contributed by atoms with Gasteiger partial charge in [0.05, 0.1) is 5.56 Å². The van der Waals surface area contributed by atoms with Crippen LogP contribution in [0.15, 0.2) is 18.2 Å². The van der Waals surface area contributed by atoms with Gasteiger partial charge >= 0.3 is 6.03 Å². The summed E-state index contributed by atoms with van der Waals surface area (Å²) in [5.74, 6) is -0.802. The Morgan fingerprint density at radius 1 is 1.33 bits per heavy atom. The van der Waals surface area contributed by atoms with Gasteiger partial charge in [0.25, 0.3) is 5.91 Å². The minimum absolute atomic E-state index is 0.0654. The van der Waals surface area contributed by atoms with Crippen LogP contribution >= 0.6 is 22.6 Å². The van der Waals surface area contributed by atoms with Gasteiger partial charge in [-0.05, 0) is 40.8 Å². The molecule has 80 valence electrons. The lowest BCUT2D eigenvalue weighted by Gasteiger charge is -2.06. The number of carbonyl (C=O) groups excluding carboxylic acids is 2. The van der Waals surface area contributed by atoms with E-state index in [9.17, 15) is 14.7 Å². The van der Waals surface area contributed by atoms with Crippen LogP contribution < -0.4 is 16.6 Å². The van der Waals surface area contributed by atoms with E-state index in [-0.39, 0.29) is 11.3 Å². The van der Waals surface area contributed by atoms with Crippen molar-refractivity contribution in [3.63, 3.8) is 0 Å². The quantitative estimate of drug-likeness (QED) is 0.442. The van der Waals surface area contributed by atoms with E-state index in [0.717, 1.165) is 3.57 Å². The lowest BCUT2D eigenvalue weighted by molar-refractivity contribution is 0.0934. The number of nitrogens with two attached hydrogens (primary N) is 1. The van der Waals surface area contributed by atoms with Crippen molar-refractivity contribution in [1.82, 2.24) is 10.9 Å². The van der Waals surface area contributed by atoms with Gasteiger partial charge in [0.2, 0.25) is 0 Å². The molecule has 1 aromatic carbocycles. The normalized spacial score (nSPS) is 9.40. The fraction of sp³-hybridized carbons (Fsp3) is 0. The van der Waals surface area contributed by atoms with Crippen LogP contribution in [0.2, 0.25) is 0 Å². The number of phenols is 1. The molecule has 0 saturated carbocycles. The molecule has 0 unspecified atom stereocenters. The van der Waals surface area contributed by atoms with Gasteiger partial charge in [0.15, 0.2) is 0 Å². The number of hydrogen-bond donors (Lipinski definition) is 4. The lowest BCUT2D eigenvalue weighted by Crippen LogP contribution is -2.44. The lowest BCUT2D eigenvalue weighted by atomic mass is 10.2. The molecule has 0 spiro atoms. The topological polar surface area (TPSA) is 104 Å². The van der Waals surface area contributed by atoms with Gasteiger partial charge in [-0.1, -0.05) is 0 Å². The molecule has 15 heavy (non-hydrogen) atoms.